The molecule has 0 radical (unpaired) electrons. The minimum atomic E-state index is 0.336. The summed E-state index contributed by atoms with van der Waals surface area (Å²) in [4.78, 5) is 5.50. The van der Waals surface area contributed by atoms with Crippen LogP contribution < -0.4 is 5.73 Å². The van der Waals surface area contributed by atoms with Gasteiger partial charge in [0.25, 0.3) is 0 Å². The Morgan fingerprint density at radius 3 is 2.53 bits per heavy atom. The molecule has 2 heterocycles. The van der Waals surface area contributed by atoms with E-state index < -0.39 is 0 Å². The van der Waals surface area contributed by atoms with Gasteiger partial charge in [0, 0.05) is 12.6 Å². The van der Waals surface area contributed by atoms with E-state index in [0.29, 0.717) is 12.6 Å². The van der Waals surface area contributed by atoms with Crippen molar-refractivity contribution in [1.29, 1.82) is 0 Å². The predicted octanol–water partition coefficient (Wildman–Crippen LogP) is 2.06. The average Bonchev–Trinajstić information content (AvgIpc) is 2.81. The highest BCUT2D eigenvalue weighted by Gasteiger charge is 2.18. The first-order valence-corrected chi connectivity index (χ1v) is 6.44. The standard InChI is InChI=1S/C11H17N5S/c1-6(2)16-8(4)14-15-11(16)10-7(3)13-9(5-12)17-10/h6H,5,12H2,1-4H3. The van der Waals surface area contributed by atoms with E-state index in [4.69, 9.17) is 5.73 Å². The molecule has 0 aliphatic heterocycles. The first-order valence-electron chi connectivity index (χ1n) is 5.62. The minimum absolute atomic E-state index is 0.336. The molecule has 5 nitrogen and oxygen atoms in total. The summed E-state index contributed by atoms with van der Waals surface area (Å²) in [5.74, 6) is 1.82. The van der Waals surface area contributed by atoms with E-state index in [9.17, 15) is 0 Å². The summed E-state index contributed by atoms with van der Waals surface area (Å²) in [6, 6.07) is 0.336. The molecular formula is C11H17N5S. The Labute approximate surface area is 105 Å². The molecule has 0 bridgehead atoms. The monoisotopic (exact) mass is 251 g/mol. The zero-order valence-electron chi connectivity index (χ0n) is 10.6. The minimum Gasteiger partial charge on any atom is -0.325 e. The van der Waals surface area contributed by atoms with Crippen LogP contribution in [-0.4, -0.2) is 19.7 Å². The van der Waals surface area contributed by atoms with Crippen molar-refractivity contribution in [2.75, 3.05) is 0 Å². The normalized spacial score (nSPS) is 11.4. The molecule has 2 rings (SSSR count). The fraction of sp³-hybridized carbons (Fsp3) is 0.545. The smallest absolute Gasteiger partial charge is 0.176 e. The maximum absolute atomic E-state index is 5.62. The molecule has 0 aliphatic rings. The van der Waals surface area contributed by atoms with Crippen LogP contribution in [0.5, 0.6) is 0 Å². The van der Waals surface area contributed by atoms with E-state index in [-0.39, 0.29) is 0 Å². The molecule has 2 N–H and O–H groups in total. The van der Waals surface area contributed by atoms with Crippen molar-refractivity contribution >= 4 is 11.3 Å². The lowest BCUT2D eigenvalue weighted by atomic mass is 10.3. The summed E-state index contributed by atoms with van der Waals surface area (Å²) in [6.07, 6.45) is 0. The van der Waals surface area contributed by atoms with Crippen LogP contribution in [0.1, 0.15) is 36.4 Å². The van der Waals surface area contributed by atoms with Crippen LogP contribution >= 0.6 is 11.3 Å². The number of aryl methyl sites for hydroxylation is 2. The van der Waals surface area contributed by atoms with E-state index in [0.717, 1.165) is 27.2 Å². The van der Waals surface area contributed by atoms with E-state index in [1.165, 1.54) is 0 Å². The first kappa shape index (κ1) is 12.2. The van der Waals surface area contributed by atoms with Crippen LogP contribution in [0.15, 0.2) is 0 Å². The van der Waals surface area contributed by atoms with Crippen LogP contribution in [0.2, 0.25) is 0 Å². The number of nitrogens with zero attached hydrogens (tertiary/aromatic N) is 4. The SMILES string of the molecule is Cc1nc(CN)sc1-c1nnc(C)n1C(C)C. The number of hydrogen-bond acceptors (Lipinski definition) is 5. The maximum Gasteiger partial charge on any atom is 0.176 e. The Bertz CT molecular complexity index is 526. The van der Waals surface area contributed by atoms with Crippen molar-refractivity contribution in [2.45, 2.75) is 40.3 Å². The molecule has 0 spiro atoms. The molecule has 0 saturated heterocycles. The van der Waals surface area contributed by atoms with Crippen LogP contribution in [0.3, 0.4) is 0 Å². The third-order valence-electron chi connectivity index (χ3n) is 2.60. The van der Waals surface area contributed by atoms with Gasteiger partial charge >= 0.3 is 0 Å². The highest BCUT2D eigenvalue weighted by Crippen LogP contribution is 2.30. The molecule has 0 atom stereocenters. The van der Waals surface area contributed by atoms with Crippen molar-refractivity contribution in [1.82, 2.24) is 19.7 Å². The fourth-order valence-electron chi connectivity index (χ4n) is 1.89. The van der Waals surface area contributed by atoms with Crippen LogP contribution in [-0.2, 0) is 6.54 Å². The van der Waals surface area contributed by atoms with Gasteiger partial charge in [0.15, 0.2) is 5.82 Å². The van der Waals surface area contributed by atoms with Gasteiger partial charge < -0.3 is 10.3 Å². The Balaban J connectivity index is 2.56. The van der Waals surface area contributed by atoms with Gasteiger partial charge in [0.05, 0.1) is 10.6 Å². The Morgan fingerprint density at radius 1 is 1.29 bits per heavy atom. The van der Waals surface area contributed by atoms with Crippen LogP contribution in [0.4, 0.5) is 0 Å². The van der Waals surface area contributed by atoms with E-state index in [1.54, 1.807) is 11.3 Å². The van der Waals surface area contributed by atoms with Gasteiger partial charge in [-0.25, -0.2) is 4.98 Å². The molecule has 0 aliphatic carbocycles. The number of nitrogens with two attached hydrogens (primary N) is 1. The summed E-state index contributed by atoms with van der Waals surface area (Å²) >= 11 is 1.60. The number of aromatic nitrogens is 4. The van der Waals surface area contributed by atoms with Crippen molar-refractivity contribution in [3.63, 3.8) is 0 Å². The van der Waals surface area contributed by atoms with Crippen molar-refractivity contribution in [3.05, 3.63) is 16.5 Å². The Hall–Kier alpha value is -1.27. The van der Waals surface area contributed by atoms with E-state index >= 15 is 0 Å². The quantitative estimate of drug-likeness (QED) is 0.906. The molecule has 2 aromatic rings. The predicted molar refractivity (Wildman–Crippen MR) is 68.9 cm³/mol. The van der Waals surface area contributed by atoms with Gasteiger partial charge in [-0.15, -0.1) is 21.5 Å². The highest BCUT2D eigenvalue weighted by atomic mass is 32.1. The molecule has 2 aromatic heterocycles. The second-order valence-electron chi connectivity index (χ2n) is 4.26. The number of thiazole rings is 1. The first-order chi connectivity index (χ1) is 8.04. The topological polar surface area (TPSA) is 69.6 Å². The van der Waals surface area contributed by atoms with Crippen LogP contribution in [0, 0.1) is 13.8 Å². The van der Waals surface area contributed by atoms with Crippen molar-refractivity contribution in [2.24, 2.45) is 5.73 Å². The average molecular weight is 251 g/mol. The molecule has 0 fully saturated rings. The van der Waals surface area contributed by atoms with E-state index in [2.05, 4.69) is 33.6 Å². The zero-order chi connectivity index (χ0) is 12.6. The highest BCUT2D eigenvalue weighted by molar-refractivity contribution is 7.15. The van der Waals surface area contributed by atoms with Crippen molar-refractivity contribution < 1.29 is 0 Å². The summed E-state index contributed by atoms with van der Waals surface area (Å²) in [5, 5.41) is 9.35. The molecule has 6 heteroatoms. The van der Waals surface area contributed by atoms with E-state index in [1.807, 2.05) is 13.8 Å². The number of rotatable bonds is 3. The zero-order valence-corrected chi connectivity index (χ0v) is 11.4. The molecular weight excluding hydrogens is 234 g/mol. The van der Waals surface area contributed by atoms with Gasteiger partial charge in [-0.3, -0.25) is 0 Å². The lowest BCUT2D eigenvalue weighted by molar-refractivity contribution is 0.588. The molecule has 92 valence electrons. The molecule has 0 saturated carbocycles. The lowest BCUT2D eigenvalue weighted by Gasteiger charge is -2.11. The van der Waals surface area contributed by atoms with Gasteiger partial charge in [0.2, 0.25) is 0 Å². The number of hydrogen-bond donors (Lipinski definition) is 1. The summed E-state index contributed by atoms with van der Waals surface area (Å²) in [5.41, 5.74) is 6.59. The Morgan fingerprint density at radius 2 is 2.00 bits per heavy atom. The fourth-order valence-corrected chi connectivity index (χ4v) is 2.81. The van der Waals surface area contributed by atoms with Crippen molar-refractivity contribution in [3.8, 4) is 10.7 Å². The maximum atomic E-state index is 5.62. The summed E-state index contributed by atoms with van der Waals surface area (Å²) < 4.78 is 2.13. The third kappa shape index (κ3) is 2.10. The van der Waals surface area contributed by atoms with Gasteiger partial charge in [-0.05, 0) is 27.7 Å². The summed E-state index contributed by atoms with van der Waals surface area (Å²) in [7, 11) is 0. The van der Waals surface area contributed by atoms with Gasteiger partial charge in [-0.1, -0.05) is 0 Å². The van der Waals surface area contributed by atoms with Gasteiger partial charge in [-0.2, -0.15) is 0 Å². The second kappa shape index (κ2) is 4.54. The third-order valence-corrected chi connectivity index (χ3v) is 3.78. The molecule has 0 aromatic carbocycles. The lowest BCUT2D eigenvalue weighted by Crippen LogP contribution is -2.05. The molecule has 0 amide bonds. The molecule has 0 unspecified atom stereocenters. The van der Waals surface area contributed by atoms with Gasteiger partial charge in [0.1, 0.15) is 10.8 Å². The molecule has 17 heavy (non-hydrogen) atoms. The summed E-state index contributed by atoms with van der Waals surface area (Å²) in [6.45, 7) is 8.68. The largest absolute Gasteiger partial charge is 0.325 e. The second-order valence-corrected chi connectivity index (χ2v) is 5.34. The van der Waals surface area contributed by atoms with Crippen LogP contribution in [0.25, 0.3) is 10.7 Å². The Kier molecular flexibility index (Phi) is 3.26.